The lowest BCUT2D eigenvalue weighted by molar-refractivity contribution is 0.108. The molecule has 0 unspecified atom stereocenters. The first-order valence-electron chi connectivity index (χ1n) is 4.60. The molecule has 0 aliphatic carbocycles. The first-order valence-corrected chi connectivity index (χ1v) is 7.42. The van der Waals surface area contributed by atoms with Crippen molar-refractivity contribution in [3.8, 4) is 0 Å². The minimum absolute atomic E-state index is 0.167. The molecule has 0 N–H and O–H groups in total. The molecular weight excluding hydrogens is 244 g/mol. The summed E-state index contributed by atoms with van der Waals surface area (Å²) in [4.78, 5) is 11.7. The van der Waals surface area contributed by atoms with E-state index in [9.17, 15) is 13.2 Å². The monoisotopic (exact) mass is 250 g/mol. The minimum Gasteiger partial charge on any atom is -0.280 e. The van der Waals surface area contributed by atoms with Crippen molar-refractivity contribution >= 4 is 35.6 Å². The highest BCUT2D eigenvalue weighted by Crippen LogP contribution is 2.41. The second-order valence-corrected chi connectivity index (χ2v) is 7.16. The number of carbonyl (C=O) groups is 1. The first-order chi connectivity index (χ1) is 7.59. The Morgan fingerprint density at radius 1 is 1.00 bits per heavy atom. The summed E-state index contributed by atoms with van der Waals surface area (Å²) in [5.41, 5.74) is 0.295. The summed E-state index contributed by atoms with van der Waals surface area (Å²) in [6.45, 7) is 0. The lowest BCUT2D eigenvalue weighted by atomic mass is 10.1. The van der Waals surface area contributed by atoms with Crippen LogP contribution in [0.3, 0.4) is 0 Å². The van der Waals surface area contributed by atoms with Crippen molar-refractivity contribution in [2.75, 3.05) is 0 Å². The Bertz CT molecular complexity index is 717. The fourth-order valence-corrected chi connectivity index (χ4v) is 5.01. The molecule has 0 saturated heterocycles. The predicted molar refractivity (Wildman–Crippen MR) is 63.1 cm³/mol. The van der Waals surface area contributed by atoms with E-state index in [4.69, 9.17) is 0 Å². The van der Waals surface area contributed by atoms with Crippen LogP contribution in [-0.2, 0) is 8.87 Å². The molecule has 16 heavy (non-hydrogen) atoms. The van der Waals surface area contributed by atoms with Crippen LogP contribution in [-0.4, -0.2) is 13.5 Å². The van der Waals surface area contributed by atoms with Gasteiger partial charge in [0.1, 0.15) is 0 Å². The zero-order valence-electron chi connectivity index (χ0n) is 8.01. The van der Waals surface area contributed by atoms with Crippen LogP contribution in [0.1, 0.15) is 10.4 Å². The zero-order valence-corrected chi connectivity index (χ0v) is 9.64. The quantitative estimate of drug-likeness (QED) is 0.674. The summed E-state index contributed by atoms with van der Waals surface area (Å²) in [6.07, 6.45) is 0. The summed E-state index contributed by atoms with van der Waals surface area (Å²) in [5.74, 6) is 0. The Balaban J connectivity index is 2.57. The zero-order chi connectivity index (χ0) is 11.3. The highest BCUT2D eigenvalue weighted by molar-refractivity contribution is 8.78. The molecule has 1 aliphatic rings. The van der Waals surface area contributed by atoms with E-state index < -0.39 is 8.87 Å². The summed E-state index contributed by atoms with van der Waals surface area (Å²) in [6, 6.07) is 10.5. The maximum atomic E-state index is 11.8. The number of hydrogen-bond acceptors (Lipinski definition) is 4. The van der Waals surface area contributed by atoms with Crippen molar-refractivity contribution < 1.29 is 13.2 Å². The molecule has 0 aromatic heterocycles. The average molecular weight is 250 g/mol. The van der Waals surface area contributed by atoms with Gasteiger partial charge in [-0.3, -0.25) is 4.79 Å². The van der Waals surface area contributed by atoms with Gasteiger partial charge in [0.2, 0.25) is 14.0 Å². The van der Waals surface area contributed by atoms with E-state index >= 15 is 0 Å². The standard InChI is InChI=1S/C11H6O3S2/c12-11-9-6-5-7-3-1-2-4-8(7)10(9)16(13,14)15-11/h1-6H. The van der Waals surface area contributed by atoms with Crippen LogP contribution in [0.2, 0.25) is 0 Å². The van der Waals surface area contributed by atoms with Gasteiger partial charge in [-0.1, -0.05) is 30.3 Å². The Morgan fingerprint density at radius 2 is 1.75 bits per heavy atom. The van der Waals surface area contributed by atoms with Crippen molar-refractivity contribution in [1.29, 1.82) is 0 Å². The third-order valence-corrected chi connectivity index (χ3v) is 5.68. The maximum absolute atomic E-state index is 11.8. The van der Waals surface area contributed by atoms with E-state index in [1.165, 1.54) is 0 Å². The molecule has 0 fully saturated rings. The Labute approximate surface area is 95.8 Å². The topological polar surface area (TPSA) is 51.2 Å². The molecule has 0 amide bonds. The summed E-state index contributed by atoms with van der Waals surface area (Å²) >= 11 is 0. The van der Waals surface area contributed by atoms with E-state index in [0.29, 0.717) is 21.7 Å². The van der Waals surface area contributed by atoms with Gasteiger partial charge in [-0.25, -0.2) is 8.42 Å². The van der Waals surface area contributed by atoms with Gasteiger partial charge in [0.05, 0.1) is 15.7 Å². The smallest absolute Gasteiger partial charge is 0.238 e. The average Bonchev–Trinajstić information content (AvgIpc) is 2.49. The van der Waals surface area contributed by atoms with Crippen molar-refractivity contribution in [3.05, 3.63) is 42.0 Å². The van der Waals surface area contributed by atoms with Crippen LogP contribution in [0.5, 0.6) is 0 Å². The minimum atomic E-state index is -3.51. The normalized spacial score (nSPS) is 17.6. The molecule has 2 aromatic rings. The van der Waals surface area contributed by atoms with Crippen LogP contribution >= 0.6 is 10.8 Å². The number of hydrogen-bond donors (Lipinski definition) is 0. The lowest BCUT2D eigenvalue weighted by Crippen LogP contribution is -1.92. The predicted octanol–water partition coefficient (Wildman–Crippen LogP) is 2.42. The SMILES string of the molecule is O=C1SS(=O)(=O)c2c1ccc1ccccc21. The van der Waals surface area contributed by atoms with Crippen LogP contribution in [0.25, 0.3) is 10.8 Å². The van der Waals surface area contributed by atoms with Gasteiger partial charge in [-0.15, -0.1) is 0 Å². The number of fused-ring (bicyclic) bond motifs is 3. The second kappa shape index (κ2) is 3.09. The Hall–Kier alpha value is -1.33. The van der Waals surface area contributed by atoms with E-state index in [1.54, 1.807) is 24.3 Å². The molecule has 0 saturated carbocycles. The molecular formula is C11H6O3S2. The molecule has 5 heteroatoms. The van der Waals surface area contributed by atoms with Gasteiger partial charge in [-0.05, 0) is 11.5 Å². The van der Waals surface area contributed by atoms with Crippen molar-refractivity contribution in [2.24, 2.45) is 0 Å². The van der Waals surface area contributed by atoms with E-state index in [2.05, 4.69) is 0 Å². The van der Waals surface area contributed by atoms with Gasteiger partial charge in [-0.2, -0.15) is 0 Å². The van der Waals surface area contributed by atoms with E-state index in [-0.39, 0.29) is 10.0 Å². The van der Waals surface area contributed by atoms with Crippen LogP contribution < -0.4 is 0 Å². The number of carbonyl (C=O) groups excluding carboxylic acids is 1. The van der Waals surface area contributed by atoms with Gasteiger partial charge < -0.3 is 0 Å². The van der Waals surface area contributed by atoms with Crippen molar-refractivity contribution in [2.45, 2.75) is 4.90 Å². The van der Waals surface area contributed by atoms with Crippen LogP contribution in [0.4, 0.5) is 0 Å². The molecule has 3 nitrogen and oxygen atoms in total. The molecule has 1 heterocycles. The van der Waals surface area contributed by atoms with Crippen molar-refractivity contribution in [1.82, 2.24) is 0 Å². The van der Waals surface area contributed by atoms with Crippen LogP contribution in [0.15, 0.2) is 41.3 Å². The molecule has 2 aromatic carbocycles. The molecule has 0 spiro atoms. The van der Waals surface area contributed by atoms with Crippen molar-refractivity contribution in [3.63, 3.8) is 0 Å². The molecule has 80 valence electrons. The third-order valence-electron chi connectivity index (χ3n) is 2.53. The molecule has 0 bridgehead atoms. The maximum Gasteiger partial charge on any atom is 0.238 e. The van der Waals surface area contributed by atoms with Gasteiger partial charge >= 0.3 is 0 Å². The Morgan fingerprint density at radius 3 is 2.56 bits per heavy atom. The largest absolute Gasteiger partial charge is 0.280 e. The fraction of sp³-hybridized carbons (Fsp3) is 0. The highest BCUT2D eigenvalue weighted by Gasteiger charge is 2.36. The third kappa shape index (κ3) is 1.22. The molecule has 3 rings (SSSR count). The summed E-state index contributed by atoms with van der Waals surface area (Å²) in [7, 11) is -3.11. The molecule has 0 radical (unpaired) electrons. The molecule has 1 aliphatic heterocycles. The summed E-state index contributed by atoms with van der Waals surface area (Å²) in [5, 5.41) is 1.07. The molecule has 0 atom stereocenters. The van der Waals surface area contributed by atoms with Gasteiger partial charge in [0.15, 0.2) is 0 Å². The van der Waals surface area contributed by atoms with E-state index in [1.807, 2.05) is 12.1 Å². The number of benzene rings is 2. The second-order valence-electron chi connectivity index (χ2n) is 3.49. The fourth-order valence-electron chi connectivity index (χ4n) is 1.86. The summed E-state index contributed by atoms with van der Waals surface area (Å²) < 4.78 is 23.6. The van der Waals surface area contributed by atoms with Gasteiger partial charge in [0, 0.05) is 10.9 Å². The Kier molecular flexibility index (Phi) is 1.90. The van der Waals surface area contributed by atoms with E-state index in [0.717, 1.165) is 5.39 Å². The number of rotatable bonds is 0. The van der Waals surface area contributed by atoms with Crippen LogP contribution in [0, 0.1) is 0 Å². The first kappa shape index (κ1) is 9.86. The van der Waals surface area contributed by atoms with Gasteiger partial charge in [0.25, 0.3) is 0 Å². The highest BCUT2D eigenvalue weighted by atomic mass is 33.1. The lowest BCUT2D eigenvalue weighted by Gasteiger charge is -2.02.